The molecule has 0 unspecified atom stereocenters. The predicted octanol–water partition coefficient (Wildman–Crippen LogP) is 6.57. The molecule has 0 amide bonds. The summed E-state index contributed by atoms with van der Waals surface area (Å²) in [6.45, 7) is 1.88. The van der Waals surface area contributed by atoms with Gasteiger partial charge in [0.05, 0.1) is 25.6 Å². The van der Waals surface area contributed by atoms with Gasteiger partial charge in [-0.2, -0.15) is 0 Å². The molecule has 0 radical (unpaired) electrons. The molecular formula is C35H29ClN4O4. The molecule has 0 saturated heterocycles. The first-order chi connectivity index (χ1) is 21.3. The number of carbonyl (C=O) groups excluding carboxylic acids is 2. The molecule has 44 heavy (non-hydrogen) atoms. The van der Waals surface area contributed by atoms with Crippen molar-refractivity contribution in [2.75, 3.05) is 14.2 Å². The molecule has 1 aromatic heterocycles. The zero-order valence-electron chi connectivity index (χ0n) is 24.5. The van der Waals surface area contributed by atoms with Gasteiger partial charge in [0.15, 0.2) is 11.6 Å². The average Bonchev–Trinajstić information content (AvgIpc) is 3.37. The van der Waals surface area contributed by atoms with Crippen molar-refractivity contribution in [1.82, 2.24) is 14.8 Å². The topological polar surface area (TPSA) is 95.7 Å². The second-order valence-electron chi connectivity index (χ2n) is 10.5. The van der Waals surface area contributed by atoms with E-state index in [1.54, 1.807) is 50.6 Å². The average molecular weight is 605 g/mol. The zero-order chi connectivity index (χ0) is 30.8. The summed E-state index contributed by atoms with van der Waals surface area (Å²) in [7, 11) is 3.20. The number of benzene rings is 4. The number of ketones is 2. The molecule has 9 heteroatoms. The van der Waals surface area contributed by atoms with Crippen molar-refractivity contribution in [3.63, 3.8) is 0 Å². The molecule has 1 aliphatic heterocycles. The highest BCUT2D eigenvalue weighted by Gasteiger charge is 2.30. The lowest BCUT2D eigenvalue weighted by atomic mass is 9.98. The van der Waals surface area contributed by atoms with Crippen LogP contribution in [0.3, 0.4) is 0 Å². The molecule has 0 aliphatic carbocycles. The molecule has 0 N–H and O–H groups in total. The van der Waals surface area contributed by atoms with Gasteiger partial charge in [0.1, 0.15) is 29.1 Å². The Morgan fingerprint density at radius 3 is 2.11 bits per heavy atom. The van der Waals surface area contributed by atoms with Crippen LogP contribution in [-0.2, 0) is 11.2 Å². The van der Waals surface area contributed by atoms with Gasteiger partial charge < -0.3 is 9.47 Å². The fourth-order valence-electron chi connectivity index (χ4n) is 5.38. The third kappa shape index (κ3) is 5.76. The molecule has 1 atom stereocenters. The summed E-state index contributed by atoms with van der Waals surface area (Å²) in [4.78, 5) is 31.6. The van der Waals surface area contributed by atoms with Gasteiger partial charge in [0.2, 0.25) is 0 Å². The number of Topliss-reactive ketones (excluding diaryl/α,β-unsaturated/α-hetero) is 1. The number of nitrogens with zero attached hydrogens (tertiary/aromatic N) is 4. The van der Waals surface area contributed by atoms with E-state index in [1.807, 2.05) is 66.1 Å². The minimum Gasteiger partial charge on any atom is -0.497 e. The Balaban J connectivity index is 1.29. The maximum absolute atomic E-state index is 13.5. The van der Waals surface area contributed by atoms with E-state index < -0.39 is 6.04 Å². The number of aryl methyl sites for hydroxylation is 1. The normalized spacial score (nSPS) is 13.7. The van der Waals surface area contributed by atoms with Crippen LogP contribution < -0.4 is 9.47 Å². The first-order valence-electron chi connectivity index (χ1n) is 14.1. The molecule has 8 nitrogen and oxygen atoms in total. The van der Waals surface area contributed by atoms with Gasteiger partial charge in [-0.1, -0.05) is 48.0 Å². The van der Waals surface area contributed by atoms with E-state index >= 15 is 0 Å². The molecule has 5 aromatic rings. The van der Waals surface area contributed by atoms with Crippen molar-refractivity contribution >= 4 is 28.9 Å². The number of halogens is 1. The number of fused-ring (bicyclic) bond motifs is 3. The standard InChI is InChI=1S/C35H29ClN4O4/c1-21-38-39-35-31(19-27(41)18-22-4-6-24(7-5-22)34(42)25-10-14-28(43-2)15-11-25)37-33(23-8-12-26(36)13-9-23)30-20-29(44-3)16-17-32(30)40(21)35/h4-17,20,31H,18-19H2,1-3H3/t31-/m0/s1. The molecule has 0 saturated carbocycles. The van der Waals surface area contributed by atoms with Gasteiger partial charge in [-0.15, -0.1) is 10.2 Å². The number of hydrogen-bond acceptors (Lipinski definition) is 7. The van der Waals surface area contributed by atoms with Gasteiger partial charge >= 0.3 is 0 Å². The summed E-state index contributed by atoms with van der Waals surface area (Å²) in [5.41, 5.74) is 5.17. The number of aromatic nitrogens is 3. The summed E-state index contributed by atoms with van der Waals surface area (Å²) >= 11 is 6.20. The van der Waals surface area contributed by atoms with Gasteiger partial charge in [-0.25, -0.2) is 0 Å². The van der Waals surface area contributed by atoms with E-state index in [0.29, 0.717) is 45.0 Å². The van der Waals surface area contributed by atoms with Gasteiger partial charge in [-0.05, 0) is 67.1 Å². The van der Waals surface area contributed by atoms with Crippen LogP contribution in [0.4, 0.5) is 0 Å². The van der Waals surface area contributed by atoms with E-state index in [4.69, 9.17) is 26.1 Å². The lowest BCUT2D eigenvalue weighted by Gasteiger charge is -2.14. The maximum atomic E-state index is 13.5. The van der Waals surface area contributed by atoms with Crippen LogP contribution in [0.5, 0.6) is 11.5 Å². The minimum atomic E-state index is -0.580. The Bertz CT molecular complexity index is 1880. The first kappa shape index (κ1) is 29.0. The van der Waals surface area contributed by atoms with Crippen LogP contribution in [-0.4, -0.2) is 46.3 Å². The van der Waals surface area contributed by atoms with Crippen LogP contribution in [0, 0.1) is 6.92 Å². The van der Waals surface area contributed by atoms with E-state index in [-0.39, 0.29) is 24.4 Å². The fourth-order valence-corrected chi connectivity index (χ4v) is 5.50. The Hall–Kier alpha value is -5.08. The van der Waals surface area contributed by atoms with Crippen molar-refractivity contribution in [1.29, 1.82) is 0 Å². The smallest absolute Gasteiger partial charge is 0.193 e. The zero-order valence-corrected chi connectivity index (χ0v) is 25.2. The van der Waals surface area contributed by atoms with Crippen molar-refractivity contribution in [3.8, 4) is 17.2 Å². The Kier molecular flexibility index (Phi) is 8.09. The van der Waals surface area contributed by atoms with E-state index in [0.717, 1.165) is 22.4 Å². The van der Waals surface area contributed by atoms with Crippen molar-refractivity contribution in [2.45, 2.75) is 25.8 Å². The SMILES string of the molecule is COc1ccc(C(=O)c2ccc(CC(=O)C[C@@H]3N=C(c4ccc(Cl)cc4)c4cc(OC)ccc4-n4c(C)nnc43)cc2)cc1. The second-order valence-corrected chi connectivity index (χ2v) is 10.9. The highest BCUT2D eigenvalue weighted by molar-refractivity contribution is 6.30. The van der Waals surface area contributed by atoms with Crippen LogP contribution in [0.25, 0.3) is 5.69 Å². The number of rotatable bonds is 9. The molecule has 0 fully saturated rings. The van der Waals surface area contributed by atoms with Crippen molar-refractivity contribution in [3.05, 3.63) is 135 Å². The van der Waals surface area contributed by atoms with Crippen LogP contribution >= 0.6 is 11.6 Å². The van der Waals surface area contributed by atoms with Crippen molar-refractivity contribution in [2.24, 2.45) is 4.99 Å². The molecule has 0 spiro atoms. The largest absolute Gasteiger partial charge is 0.497 e. The lowest BCUT2D eigenvalue weighted by Crippen LogP contribution is -2.13. The second kappa shape index (κ2) is 12.3. The van der Waals surface area contributed by atoms with E-state index in [2.05, 4.69) is 10.2 Å². The minimum absolute atomic E-state index is 0.0147. The number of methoxy groups -OCH3 is 2. The van der Waals surface area contributed by atoms with E-state index in [1.165, 1.54) is 0 Å². The Morgan fingerprint density at radius 2 is 1.45 bits per heavy atom. The van der Waals surface area contributed by atoms with Gasteiger partial charge in [0.25, 0.3) is 0 Å². The Morgan fingerprint density at radius 1 is 0.818 bits per heavy atom. The summed E-state index contributed by atoms with van der Waals surface area (Å²) in [6, 6.07) is 26.8. The first-order valence-corrected chi connectivity index (χ1v) is 14.5. The summed E-state index contributed by atoms with van der Waals surface area (Å²) in [5, 5.41) is 9.42. The van der Waals surface area contributed by atoms with Crippen LogP contribution in [0.2, 0.25) is 5.02 Å². The molecule has 6 rings (SSSR count). The Labute approximate surface area is 260 Å². The molecule has 1 aliphatic rings. The number of ether oxygens (including phenoxy) is 2. The highest BCUT2D eigenvalue weighted by Crippen LogP contribution is 2.35. The summed E-state index contributed by atoms with van der Waals surface area (Å²) in [5.74, 6) is 2.53. The van der Waals surface area contributed by atoms with Crippen molar-refractivity contribution < 1.29 is 19.1 Å². The predicted molar refractivity (Wildman–Crippen MR) is 169 cm³/mol. The maximum Gasteiger partial charge on any atom is 0.193 e. The monoisotopic (exact) mass is 604 g/mol. The molecule has 4 aromatic carbocycles. The third-order valence-electron chi connectivity index (χ3n) is 7.64. The fraction of sp³-hybridized carbons (Fsp3) is 0.171. The summed E-state index contributed by atoms with van der Waals surface area (Å²) in [6.07, 6.45) is 0.306. The van der Waals surface area contributed by atoms with Gasteiger partial charge in [-0.3, -0.25) is 19.1 Å². The molecular weight excluding hydrogens is 576 g/mol. The molecule has 2 heterocycles. The lowest BCUT2D eigenvalue weighted by molar-refractivity contribution is -0.118. The van der Waals surface area contributed by atoms with E-state index in [9.17, 15) is 9.59 Å². The summed E-state index contributed by atoms with van der Waals surface area (Å²) < 4.78 is 12.7. The van der Waals surface area contributed by atoms with Gasteiger partial charge in [0, 0.05) is 40.1 Å². The molecule has 220 valence electrons. The van der Waals surface area contributed by atoms with Crippen LogP contribution in [0.1, 0.15) is 56.7 Å². The van der Waals surface area contributed by atoms with Crippen LogP contribution in [0.15, 0.2) is 96.0 Å². The molecule has 0 bridgehead atoms. The quantitative estimate of drug-likeness (QED) is 0.177. The number of aliphatic imine (C=N–C) groups is 1. The number of hydrogen-bond donors (Lipinski definition) is 0. The third-order valence-corrected chi connectivity index (χ3v) is 7.89. The highest BCUT2D eigenvalue weighted by atomic mass is 35.5. The number of carbonyl (C=O) groups is 2.